The fourth-order valence-corrected chi connectivity index (χ4v) is 6.60. The van der Waals surface area contributed by atoms with E-state index in [4.69, 9.17) is 19.1 Å². The predicted octanol–water partition coefficient (Wildman–Crippen LogP) is 8.14. The van der Waals surface area contributed by atoms with E-state index in [1.807, 2.05) is 30.3 Å². The van der Waals surface area contributed by atoms with Gasteiger partial charge in [-0.15, -0.1) is 0 Å². The number of benzene rings is 5. The molecule has 0 radical (unpaired) electrons. The lowest BCUT2D eigenvalue weighted by Crippen LogP contribution is -2.41. The number of rotatable bonds is 8. The minimum Gasteiger partial charge on any atom is -0.465 e. The van der Waals surface area contributed by atoms with Crippen molar-refractivity contribution in [3.05, 3.63) is 168 Å². The molecule has 6 nitrogen and oxygen atoms in total. The van der Waals surface area contributed by atoms with Crippen LogP contribution in [-0.2, 0) is 19.6 Å². The van der Waals surface area contributed by atoms with Crippen LogP contribution in [0.4, 0.5) is 0 Å². The van der Waals surface area contributed by atoms with Crippen LogP contribution in [0.2, 0.25) is 0 Å². The lowest BCUT2D eigenvalue weighted by Gasteiger charge is -2.36. The standard InChI is InChI=1S/C42H39BN2O4/c1-40(2)41(3,4)49-43(48-40)37-29-45(44-38(37)32-25-21-30(22-26-32)31-23-27-33(28-24-31)39(46)47-5)42(34-15-9-6-10-16-34,35-17-11-7-12-18-35)36-19-13-8-14-20-36/h6-29H,1-5H3. The molecule has 1 aliphatic heterocycles. The van der Waals surface area contributed by atoms with Gasteiger partial charge in [-0.2, -0.15) is 5.10 Å². The van der Waals surface area contributed by atoms with Crippen LogP contribution in [0.25, 0.3) is 22.4 Å². The summed E-state index contributed by atoms with van der Waals surface area (Å²) < 4.78 is 20.3. The van der Waals surface area contributed by atoms with Crippen LogP contribution in [0.1, 0.15) is 54.7 Å². The van der Waals surface area contributed by atoms with Gasteiger partial charge in [0, 0.05) is 17.2 Å². The number of hydrogen-bond donors (Lipinski definition) is 0. The van der Waals surface area contributed by atoms with E-state index in [1.165, 1.54) is 7.11 Å². The van der Waals surface area contributed by atoms with E-state index in [1.54, 1.807) is 12.1 Å². The molecule has 0 aliphatic carbocycles. The molecule has 0 bridgehead atoms. The maximum Gasteiger partial charge on any atom is 0.498 e. The summed E-state index contributed by atoms with van der Waals surface area (Å²) >= 11 is 0. The Morgan fingerprint density at radius 1 is 0.633 bits per heavy atom. The highest BCUT2D eigenvalue weighted by molar-refractivity contribution is 6.63. The average Bonchev–Trinajstić information content (AvgIpc) is 3.67. The number of nitrogens with zero attached hydrogens (tertiary/aromatic N) is 2. The second kappa shape index (κ2) is 12.7. The molecule has 7 rings (SSSR count). The fourth-order valence-electron chi connectivity index (χ4n) is 6.60. The fraction of sp³-hybridized carbons (Fsp3) is 0.190. The highest BCUT2D eigenvalue weighted by Gasteiger charge is 2.53. The van der Waals surface area contributed by atoms with Gasteiger partial charge in [0.2, 0.25) is 0 Å². The van der Waals surface area contributed by atoms with Gasteiger partial charge in [-0.3, -0.25) is 4.68 Å². The Hall–Kier alpha value is -5.24. The highest BCUT2D eigenvalue weighted by Crippen LogP contribution is 2.42. The summed E-state index contributed by atoms with van der Waals surface area (Å²) in [6.07, 6.45) is 2.10. The molecule has 0 unspecified atom stereocenters. The monoisotopic (exact) mass is 646 g/mol. The topological polar surface area (TPSA) is 62.6 Å². The predicted molar refractivity (Wildman–Crippen MR) is 195 cm³/mol. The van der Waals surface area contributed by atoms with Gasteiger partial charge < -0.3 is 14.0 Å². The lowest BCUT2D eigenvalue weighted by molar-refractivity contribution is 0.00578. The summed E-state index contributed by atoms with van der Waals surface area (Å²) in [4.78, 5) is 12.0. The van der Waals surface area contributed by atoms with Gasteiger partial charge >= 0.3 is 13.1 Å². The van der Waals surface area contributed by atoms with Gasteiger partial charge in [0.05, 0.1) is 29.6 Å². The van der Waals surface area contributed by atoms with E-state index < -0.39 is 23.9 Å². The Labute approximate surface area is 288 Å². The van der Waals surface area contributed by atoms with Gasteiger partial charge in [-0.05, 0) is 67.6 Å². The quantitative estimate of drug-likeness (QED) is 0.0950. The molecule has 0 saturated carbocycles. The second-order valence-corrected chi connectivity index (χ2v) is 13.4. The minimum atomic E-state index is -0.804. The summed E-state index contributed by atoms with van der Waals surface area (Å²) in [6, 6.07) is 47.3. The molecule has 0 spiro atoms. The minimum absolute atomic E-state index is 0.356. The van der Waals surface area contributed by atoms with Crippen molar-refractivity contribution in [3.8, 4) is 22.4 Å². The van der Waals surface area contributed by atoms with Crippen molar-refractivity contribution < 1.29 is 18.8 Å². The molecule has 1 fully saturated rings. The maximum atomic E-state index is 12.0. The van der Waals surface area contributed by atoms with E-state index in [0.717, 1.165) is 44.5 Å². The van der Waals surface area contributed by atoms with Crippen molar-refractivity contribution >= 4 is 18.6 Å². The molecule has 5 aromatic carbocycles. The van der Waals surface area contributed by atoms with Crippen LogP contribution >= 0.6 is 0 Å². The summed E-state index contributed by atoms with van der Waals surface area (Å²) in [5, 5.41) is 5.47. The molecule has 7 heteroatoms. The second-order valence-electron chi connectivity index (χ2n) is 13.4. The summed E-state index contributed by atoms with van der Waals surface area (Å²) in [6.45, 7) is 8.28. The van der Waals surface area contributed by atoms with Gasteiger partial charge in [0.25, 0.3) is 0 Å². The van der Waals surface area contributed by atoms with E-state index in [0.29, 0.717) is 5.56 Å². The number of aromatic nitrogens is 2. The van der Waals surface area contributed by atoms with Crippen molar-refractivity contribution in [2.24, 2.45) is 0 Å². The van der Waals surface area contributed by atoms with Crippen LogP contribution in [0.3, 0.4) is 0 Å². The number of ether oxygens (including phenoxy) is 1. The summed E-state index contributed by atoms with van der Waals surface area (Å²) in [5.41, 5.74) is 6.44. The third-order valence-electron chi connectivity index (χ3n) is 9.97. The number of esters is 1. The van der Waals surface area contributed by atoms with Crippen molar-refractivity contribution in [2.75, 3.05) is 7.11 Å². The molecule has 1 aromatic heterocycles. The van der Waals surface area contributed by atoms with Crippen LogP contribution < -0.4 is 5.46 Å². The lowest BCUT2D eigenvalue weighted by atomic mass is 9.76. The summed E-state index contributed by atoms with van der Waals surface area (Å²) in [7, 11) is 0.747. The number of methoxy groups -OCH3 is 1. The average molecular weight is 647 g/mol. The Balaban J connectivity index is 1.43. The maximum absolute atomic E-state index is 12.0. The first-order valence-electron chi connectivity index (χ1n) is 16.6. The largest absolute Gasteiger partial charge is 0.498 e. The molecular weight excluding hydrogens is 607 g/mol. The Bertz CT molecular complexity index is 1940. The van der Waals surface area contributed by atoms with Gasteiger partial charge in [-0.25, -0.2) is 4.79 Å². The number of carbonyl (C=O) groups excluding carboxylic acids is 1. The van der Waals surface area contributed by atoms with Crippen molar-refractivity contribution in [1.29, 1.82) is 0 Å². The Morgan fingerprint density at radius 2 is 1.04 bits per heavy atom. The van der Waals surface area contributed by atoms with Gasteiger partial charge in [0.1, 0.15) is 5.54 Å². The number of hydrogen-bond acceptors (Lipinski definition) is 5. The molecule has 0 N–H and O–H groups in total. The van der Waals surface area contributed by atoms with Crippen molar-refractivity contribution in [2.45, 2.75) is 44.4 Å². The van der Waals surface area contributed by atoms with E-state index in [2.05, 4.69) is 136 Å². The Morgan fingerprint density at radius 3 is 1.47 bits per heavy atom. The molecule has 6 aromatic rings. The molecule has 0 atom stereocenters. The van der Waals surface area contributed by atoms with E-state index in [9.17, 15) is 4.79 Å². The molecule has 1 aliphatic rings. The summed E-state index contributed by atoms with van der Waals surface area (Å²) in [5.74, 6) is -0.356. The van der Waals surface area contributed by atoms with Crippen LogP contribution in [-0.4, -0.2) is 41.2 Å². The highest BCUT2D eigenvalue weighted by atomic mass is 16.7. The van der Waals surface area contributed by atoms with Crippen LogP contribution in [0, 0.1) is 0 Å². The molecule has 2 heterocycles. The molecule has 1 saturated heterocycles. The first-order chi connectivity index (χ1) is 23.6. The molecule has 0 amide bonds. The third kappa shape index (κ3) is 5.69. The SMILES string of the molecule is COC(=O)c1ccc(-c2ccc(-c3nn(C(c4ccccc4)(c4ccccc4)c4ccccc4)cc3B3OC(C)(C)C(C)(C)O3)cc2)cc1. The third-order valence-corrected chi connectivity index (χ3v) is 9.97. The molecule has 244 valence electrons. The first kappa shape index (κ1) is 32.3. The van der Waals surface area contributed by atoms with Crippen LogP contribution in [0.5, 0.6) is 0 Å². The van der Waals surface area contributed by atoms with Crippen LogP contribution in [0.15, 0.2) is 146 Å². The zero-order valence-electron chi connectivity index (χ0n) is 28.5. The molecular formula is C42H39BN2O4. The molecule has 49 heavy (non-hydrogen) atoms. The van der Waals surface area contributed by atoms with E-state index >= 15 is 0 Å². The van der Waals surface area contributed by atoms with Crippen molar-refractivity contribution in [1.82, 2.24) is 9.78 Å². The zero-order chi connectivity index (χ0) is 34.2. The number of carbonyl (C=O) groups is 1. The van der Waals surface area contributed by atoms with Gasteiger partial charge in [0.15, 0.2) is 0 Å². The van der Waals surface area contributed by atoms with E-state index in [-0.39, 0.29) is 5.97 Å². The smallest absolute Gasteiger partial charge is 0.465 e. The normalized spacial score (nSPS) is 15.2. The van der Waals surface area contributed by atoms with Crippen molar-refractivity contribution in [3.63, 3.8) is 0 Å². The van der Waals surface area contributed by atoms with Gasteiger partial charge in [-0.1, -0.05) is 127 Å². The zero-order valence-corrected chi connectivity index (χ0v) is 28.5. The first-order valence-corrected chi connectivity index (χ1v) is 16.6. The Kier molecular flexibility index (Phi) is 8.35.